The molecule has 5 nitrogen and oxygen atoms in total. The number of carbonyl (C=O) groups is 1. The quantitative estimate of drug-likeness (QED) is 0.701. The van der Waals surface area contributed by atoms with Gasteiger partial charge in [-0.3, -0.25) is 0 Å². The van der Waals surface area contributed by atoms with Crippen molar-refractivity contribution in [3.8, 4) is 0 Å². The topological polar surface area (TPSA) is 82.5 Å². The number of aliphatic hydroxyl groups is 1. The second kappa shape index (κ2) is 4.67. The van der Waals surface area contributed by atoms with Crippen LogP contribution < -0.4 is 5.32 Å². The van der Waals surface area contributed by atoms with E-state index < -0.39 is 11.6 Å². The summed E-state index contributed by atoms with van der Waals surface area (Å²) < 4.78 is 0. The van der Waals surface area contributed by atoms with E-state index in [2.05, 4.69) is 10.3 Å². The van der Waals surface area contributed by atoms with E-state index in [4.69, 9.17) is 16.7 Å². The van der Waals surface area contributed by atoms with E-state index >= 15 is 0 Å². The van der Waals surface area contributed by atoms with Crippen LogP contribution in [0.4, 0.5) is 5.82 Å². The predicted molar refractivity (Wildman–Crippen MR) is 61.0 cm³/mol. The number of nitrogens with zero attached hydrogens (tertiary/aromatic N) is 1. The van der Waals surface area contributed by atoms with Crippen LogP contribution in [-0.2, 0) is 0 Å². The van der Waals surface area contributed by atoms with Crippen molar-refractivity contribution in [3.63, 3.8) is 0 Å². The van der Waals surface area contributed by atoms with Crippen molar-refractivity contribution >= 4 is 23.4 Å². The van der Waals surface area contributed by atoms with Gasteiger partial charge in [0.2, 0.25) is 0 Å². The molecular weight excluding hydrogens is 232 g/mol. The van der Waals surface area contributed by atoms with E-state index in [1.54, 1.807) is 13.8 Å². The second-order valence-corrected chi connectivity index (χ2v) is 4.39. The minimum atomic E-state index is -1.09. The molecule has 88 valence electrons. The summed E-state index contributed by atoms with van der Waals surface area (Å²) >= 11 is 5.66. The lowest BCUT2D eigenvalue weighted by atomic mass is 10.1. The lowest BCUT2D eigenvalue weighted by molar-refractivity contribution is 0.0695. The highest BCUT2D eigenvalue weighted by molar-refractivity contribution is 6.29. The standard InChI is InChI=1S/C10H13ClN2O3/c1-10(2,16)5-12-8-6(9(14)15)3-4-7(11)13-8/h3-4,16H,5H2,1-2H3,(H,12,13)(H,14,15). The Morgan fingerprint density at radius 2 is 2.19 bits per heavy atom. The minimum Gasteiger partial charge on any atom is -0.478 e. The van der Waals surface area contributed by atoms with Gasteiger partial charge in [0.15, 0.2) is 0 Å². The molecule has 16 heavy (non-hydrogen) atoms. The van der Waals surface area contributed by atoms with Gasteiger partial charge in [-0.25, -0.2) is 9.78 Å². The number of aromatic carboxylic acids is 1. The van der Waals surface area contributed by atoms with Gasteiger partial charge in [0, 0.05) is 6.54 Å². The Kier molecular flexibility index (Phi) is 3.72. The van der Waals surface area contributed by atoms with Gasteiger partial charge in [-0.15, -0.1) is 0 Å². The molecule has 0 aromatic carbocycles. The van der Waals surface area contributed by atoms with Crippen LogP contribution in [0.25, 0.3) is 0 Å². The molecule has 0 fully saturated rings. The SMILES string of the molecule is CC(C)(O)CNc1nc(Cl)ccc1C(=O)O. The van der Waals surface area contributed by atoms with Gasteiger partial charge in [-0.05, 0) is 26.0 Å². The average molecular weight is 245 g/mol. The number of hydrogen-bond acceptors (Lipinski definition) is 4. The smallest absolute Gasteiger partial charge is 0.339 e. The number of halogens is 1. The molecule has 0 atom stereocenters. The fourth-order valence-electron chi connectivity index (χ4n) is 1.04. The summed E-state index contributed by atoms with van der Waals surface area (Å²) in [6.07, 6.45) is 0. The Morgan fingerprint density at radius 1 is 1.56 bits per heavy atom. The molecule has 0 bridgehead atoms. The molecule has 0 aliphatic rings. The number of anilines is 1. The molecule has 0 unspecified atom stereocenters. The van der Waals surface area contributed by atoms with Crippen molar-refractivity contribution in [2.75, 3.05) is 11.9 Å². The lowest BCUT2D eigenvalue weighted by Crippen LogP contribution is -2.30. The molecule has 0 aliphatic carbocycles. The molecule has 1 rings (SSSR count). The van der Waals surface area contributed by atoms with Crippen molar-refractivity contribution in [1.29, 1.82) is 0 Å². The van der Waals surface area contributed by atoms with E-state index in [1.807, 2.05) is 0 Å². The van der Waals surface area contributed by atoms with Gasteiger partial charge in [-0.1, -0.05) is 11.6 Å². The van der Waals surface area contributed by atoms with Crippen molar-refractivity contribution in [2.45, 2.75) is 19.4 Å². The van der Waals surface area contributed by atoms with Crippen LogP contribution >= 0.6 is 11.6 Å². The Labute approximate surface area is 98.1 Å². The van der Waals surface area contributed by atoms with E-state index in [1.165, 1.54) is 12.1 Å². The van der Waals surface area contributed by atoms with Gasteiger partial charge in [0.05, 0.1) is 5.60 Å². The zero-order valence-electron chi connectivity index (χ0n) is 8.99. The molecule has 0 spiro atoms. The number of nitrogens with one attached hydrogen (secondary N) is 1. The Hall–Kier alpha value is -1.33. The third-order valence-corrected chi connectivity index (χ3v) is 1.99. The largest absolute Gasteiger partial charge is 0.478 e. The van der Waals surface area contributed by atoms with Gasteiger partial charge in [-0.2, -0.15) is 0 Å². The van der Waals surface area contributed by atoms with Crippen LogP contribution in [0, 0.1) is 0 Å². The first-order valence-electron chi connectivity index (χ1n) is 4.66. The van der Waals surface area contributed by atoms with E-state index in [0.29, 0.717) is 0 Å². The van der Waals surface area contributed by atoms with Crippen LogP contribution in [0.1, 0.15) is 24.2 Å². The molecule has 0 aliphatic heterocycles. The summed E-state index contributed by atoms with van der Waals surface area (Å²) in [5.74, 6) is -0.940. The zero-order chi connectivity index (χ0) is 12.3. The highest BCUT2D eigenvalue weighted by atomic mass is 35.5. The van der Waals surface area contributed by atoms with Gasteiger partial charge in [0.1, 0.15) is 16.5 Å². The Morgan fingerprint density at radius 3 is 2.69 bits per heavy atom. The van der Waals surface area contributed by atoms with Crippen LogP contribution in [-0.4, -0.2) is 33.3 Å². The molecule has 3 N–H and O–H groups in total. The number of hydrogen-bond donors (Lipinski definition) is 3. The number of rotatable bonds is 4. The first-order valence-corrected chi connectivity index (χ1v) is 5.03. The van der Waals surface area contributed by atoms with Gasteiger partial charge < -0.3 is 15.5 Å². The van der Waals surface area contributed by atoms with E-state index in [9.17, 15) is 9.90 Å². The number of carboxylic acid groups (broad SMARTS) is 1. The van der Waals surface area contributed by atoms with Gasteiger partial charge in [0.25, 0.3) is 0 Å². The molecule has 0 amide bonds. The third-order valence-electron chi connectivity index (χ3n) is 1.78. The monoisotopic (exact) mass is 244 g/mol. The number of aromatic nitrogens is 1. The van der Waals surface area contributed by atoms with Crippen LogP contribution in [0.2, 0.25) is 5.15 Å². The molecule has 6 heteroatoms. The second-order valence-electron chi connectivity index (χ2n) is 4.00. The average Bonchev–Trinajstić information content (AvgIpc) is 2.13. The van der Waals surface area contributed by atoms with Crippen LogP contribution in [0.3, 0.4) is 0 Å². The molecular formula is C10H13ClN2O3. The summed E-state index contributed by atoms with van der Waals surface area (Å²) in [6.45, 7) is 3.39. The van der Waals surface area contributed by atoms with Crippen molar-refractivity contribution in [2.24, 2.45) is 0 Å². The summed E-state index contributed by atoms with van der Waals surface area (Å²) in [5, 5.41) is 21.4. The molecule has 0 saturated heterocycles. The van der Waals surface area contributed by atoms with Crippen molar-refractivity contribution in [3.05, 3.63) is 22.8 Å². The molecule has 1 heterocycles. The fourth-order valence-corrected chi connectivity index (χ4v) is 1.19. The van der Waals surface area contributed by atoms with Crippen molar-refractivity contribution < 1.29 is 15.0 Å². The normalized spacial score (nSPS) is 11.2. The Bertz CT molecular complexity index is 402. The number of pyridine rings is 1. The van der Waals surface area contributed by atoms with Crippen LogP contribution in [0.15, 0.2) is 12.1 Å². The predicted octanol–water partition coefficient (Wildman–Crippen LogP) is 1.62. The maximum absolute atomic E-state index is 10.9. The molecule has 1 aromatic heterocycles. The summed E-state index contributed by atoms with van der Waals surface area (Å²) in [5.41, 5.74) is -0.937. The van der Waals surface area contributed by atoms with Crippen LogP contribution in [0.5, 0.6) is 0 Å². The highest BCUT2D eigenvalue weighted by Crippen LogP contribution is 2.17. The Balaban J connectivity index is 2.93. The summed E-state index contributed by atoms with van der Waals surface area (Å²) in [4.78, 5) is 14.7. The maximum atomic E-state index is 10.9. The zero-order valence-corrected chi connectivity index (χ0v) is 9.75. The fraction of sp³-hybridized carbons (Fsp3) is 0.400. The van der Waals surface area contributed by atoms with E-state index in [-0.39, 0.29) is 23.1 Å². The molecule has 0 saturated carbocycles. The lowest BCUT2D eigenvalue weighted by Gasteiger charge is -2.18. The highest BCUT2D eigenvalue weighted by Gasteiger charge is 2.16. The third kappa shape index (κ3) is 3.67. The minimum absolute atomic E-state index is 0.0219. The van der Waals surface area contributed by atoms with Crippen molar-refractivity contribution in [1.82, 2.24) is 4.98 Å². The molecule has 1 aromatic rings. The summed E-state index contributed by atoms with van der Waals surface area (Å²) in [7, 11) is 0. The van der Waals surface area contributed by atoms with E-state index in [0.717, 1.165) is 0 Å². The molecule has 0 radical (unpaired) electrons. The van der Waals surface area contributed by atoms with Gasteiger partial charge >= 0.3 is 5.97 Å². The maximum Gasteiger partial charge on any atom is 0.339 e. The first-order chi connectivity index (χ1) is 7.29. The summed E-state index contributed by atoms with van der Waals surface area (Å²) in [6, 6.07) is 2.77. The first kappa shape index (κ1) is 12.7. The number of carboxylic acids is 1.